The molecule has 8 heteroatoms. The molecule has 1 aliphatic heterocycles. The Morgan fingerprint density at radius 2 is 1.72 bits per heavy atom. The van der Waals surface area contributed by atoms with E-state index in [1.165, 1.54) is 4.31 Å². The Bertz CT molecular complexity index is 662. The lowest BCUT2D eigenvalue weighted by molar-refractivity contribution is 0.0729. The van der Waals surface area contributed by atoms with Crippen LogP contribution in [0.3, 0.4) is 0 Å². The zero-order chi connectivity index (χ0) is 18.1. The third-order valence-electron chi connectivity index (χ3n) is 3.92. The van der Waals surface area contributed by atoms with Crippen molar-refractivity contribution in [2.24, 2.45) is 4.99 Å². The Labute approximate surface area is 150 Å². The molecule has 1 heterocycles. The molecule has 0 saturated carbocycles. The average molecular weight is 369 g/mol. The molecule has 2 N–H and O–H groups in total. The van der Waals surface area contributed by atoms with Gasteiger partial charge >= 0.3 is 0 Å². The first kappa shape index (κ1) is 19.7. The lowest BCUT2D eigenvalue weighted by atomic mass is 10.1. The van der Waals surface area contributed by atoms with Crippen molar-refractivity contribution in [2.75, 3.05) is 39.4 Å². The fourth-order valence-corrected chi connectivity index (χ4v) is 4.20. The van der Waals surface area contributed by atoms with Crippen LogP contribution in [-0.4, -0.2) is 58.1 Å². The maximum Gasteiger partial charge on any atom is 0.218 e. The van der Waals surface area contributed by atoms with Crippen LogP contribution in [0.15, 0.2) is 29.3 Å². The first-order valence-corrected chi connectivity index (χ1v) is 10.3. The maximum absolute atomic E-state index is 12.7. The molecule has 0 amide bonds. The summed E-state index contributed by atoms with van der Waals surface area (Å²) in [5.41, 5.74) is 1.72. The Balaban J connectivity index is 2.13. The number of ether oxygens (including phenoxy) is 1. The number of nitrogens with one attached hydrogen (secondary N) is 2. The average Bonchev–Trinajstić information content (AvgIpc) is 2.62. The summed E-state index contributed by atoms with van der Waals surface area (Å²) in [6, 6.07) is 7.58. The summed E-state index contributed by atoms with van der Waals surface area (Å²) in [5.74, 6) is 0.729. The molecule has 1 aromatic carbocycles. The Kier molecular flexibility index (Phi) is 7.67. The minimum absolute atomic E-state index is 0.00353. The summed E-state index contributed by atoms with van der Waals surface area (Å²) in [6.07, 6.45) is 0. The number of benzene rings is 1. The Morgan fingerprint density at radius 1 is 1.12 bits per heavy atom. The predicted octanol–water partition coefficient (Wildman–Crippen LogP) is 0.924. The second-order valence-corrected chi connectivity index (χ2v) is 7.73. The van der Waals surface area contributed by atoms with Gasteiger partial charge in [0.05, 0.1) is 25.5 Å². The van der Waals surface area contributed by atoms with E-state index in [0.29, 0.717) is 32.8 Å². The van der Waals surface area contributed by atoms with Crippen LogP contribution in [0.2, 0.25) is 0 Å². The van der Waals surface area contributed by atoms with Gasteiger partial charge in [0.1, 0.15) is 0 Å². The molecule has 1 aromatic rings. The van der Waals surface area contributed by atoms with Crippen LogP contribution in [0.4, 0.5) is 0 Å². The highest BCUT2D eigenvalue weighted by atomic mass is 32.2. The van der Waals surface area contributed by atoms with Gasteiger partial charge in [0.15, 0.2) is 5.96 Å². The zero-order valence-corrected chi connectivity index (χ0v) is 15.8. The van der Waals surface area contributed by atoms with Crippen molar-refractivity contribution in [3.8, 4) is 0 Å². The van der Waals surface area contributed by atoms with Crippen LogP contribution in [0.1, 0.15) is 25.0 Å². The summed E-state index contributed by atoms with van der Waals surface area (Å²) in [7, 11) is -3.34. The van der Waals surface area contributed by atoms with Crippen LogP contribution in [-0.2, 0) is 27.1 Å². The van der Waals surface area contributed by atoms with E-state index in [2.05, 4.69) is 15.6 Å². The molecule has 1 aliphatic rings. The largest absolute Gasteiger partial charge is 0.379 e. The SMILES string of the molecule is CCNC(=NCc1ccccc1CS(=O)(=O)N1CCOCC1)NCC. The monoisotopic (exact) mass is 368 g/mol. The second-order valence-electron chi connectivity index (χ2n) is 5.76. The molecule has 0 aromatic heterocycles. The Hall–Kier alpha value is -1.64. The molecule has 7 nitrogen and oxygen atoms in total. The lowest BCUT2D eigenvalue weighted by Gasteiger charge is -2.26. The first-order valence-electron chi connectivity index (χ1n) is 8.71. The molecule has 140 valence electrons. The van der Waals surface area contributed by atoms with E-state index < -0.39 is 10.0 Å². The maximum atomic E-state index is 12.7. The zero-order valence-electron chi connectivity index (χ0n) is 15.0. The topological polar surface area (TPSA) is 83.0 Å². The van der Waals surface area contributed by atoms with Crippen molar-refractivity contribution in [1.82, 2.24) is 14.9 Å². The van der Waals surface area contributed by atoms with Crippen molar-refractivity contribution in [1.29, 1.82) is 0 Å². The van der Waals surface area contributed by atoms with Crippen LogP contribution in [0.25, 0.3) is 0 Å². The van der Waals surface area contributed by atoms with Gasteiger partial charge < -0.3 is 15.4 Å². The number of morpholine rings is 1. The summed E-state index contributed by atoms with van der Waals surface area (Å²) < 4.78 is 32.1. The quantitative estimate of drug-likeness (QED) is 0.552. The van der Waals surface area contributed by atoms with Crippen molar-refractivity contribution in [3.05, 3.63) is 35.4 Å². The molecule has 25 heavy (non-hydrogen) atoms. The molecular formula is C17H28N4O3S. The minimum Gasteiger partial charge on any atom is -0.379 e. The van der Waals surface area contributed by atoms with E-state index in [1.807, 2.05) is 38.1 Å². The fraction of sp³-hybridized carbons (Fsp3) is 0.588. The summed E-state index contributed by atoms with van der Waals surface area (Å²) in [4.78, 5) is 4.54. The number of nitrogens with zero attached hydrogens (tertiary/aromatic N) is 2. The third-order valence-corrected chi connectivity index (χ3v) is 5.74. The molecule has 0 atom stereocenters. The normalized spacial score (nSPS) is 15.6. The highest BCUT2D eigenvalue weighted by molar-refractivity contribution is 7.88. The first-order chi connectivity index (χ1) is 12.1. The van der Waals surface area contributed by atoms with Gasteiger partial charge in [-0.3, -0.25) is 0 Å². The van der Waals surface area contributed by atoms with E-state index >= 15 is 0 Å². The van der Waals surface area contributed by atoms with E-state index in [4.69, 9.17) is 4.74 Å². The van der Waals surface area contributed by atoms with Gasteiger partial charge in [-0.15, -0.1) is 0 Å². The molecular weight excluding hydrogens is 340 g/mol. The molecule has 2 rings (SSSR count). The molecule has 1 fully saturated rings. The second kappa shape index (κ2) is 9.74. The number of hydrogen-bond donors (Lipinski definition) is 2. The van der Waals surface area contributed by atoms with Gasteiger partial charge in [0, 0.05) is 26.2 Å². The van der Waals surface area contributed by atoms with Crippen LogP contribution in [0.5, 0.6) is 0 Å². The smallest absolute Gasteiger partial charge is 0.218 e. The van der Waals surface area contributed by atoms with Crippen LogP contribution in [0, 0.1) is 0 Å². The highest BCUT2D eigenvalue weighted by Crippen LogP contribution is 2.17. The summed E-state index contributed by atoms with van der Waals surface area (Å²) in [5, 5.41) is 6.34. The standard InChI is InChI=1S/C17H28N4O3S/c1-3-18-17(19-4-2)20-13-15-7-5-6-8-16(15)14-25(22,23)21-9-11-24-12-10-21/h5-8H,3-4,9-14H2,1-2H3,(H2,18,19,20). The van der Waals surface area contributed by atoms with Gasteiger partial charge in [0.25, 0.3) is 0 Å². The van der Waals surface area contributed by atoms with Gasteiger partial charge in [-0.1, -0.05) is 24.3 Å². The number of guanidine groups is 1. The molecule has 0 spiro atoms. The molecule has 0 aliphatic carbocycles. The highest BCUT2D eigenvalue weighted by Gasteiger charge is 2.25. The van der Waals surface area contributed by atoms with Crippen molar-refractivity contribution in [2.45, 2.75) is 26.1 Å². The van der Waals surface area contributed by atoms with Gasteiger partial charge in [-0.25, -0.2) is 13.4 Å². The Morgan fingerprint density at radius 3 is 2.32 bits per heavy atom. The number of sulfonamides is 1. The van der Waals surface area contributed by atoms with Gasteiger partial charge in [-0.2, -0.15) is 4.31 Å². The van der Waals surface area contributed by atoms with Crippen molar-refractivity contribution < 1.29 is 13.2 Å². The number of aliphatic imine (C=N–C) groups is 1. The van der Waals surface area contributed by atoms with Crippen LogP contribution >= 0.6 is 0 Å². The van der Waals surface area contributed by atoms with E-state index in [9.17, 15) is 8.42 Å². The van der Waals surface area contributed by atoms with E-state index in [1.54, 1.807) is 0 Å². The number of rotatable bonds is 7. The fourth-order valence-electron chi connectivity index (χ4n) is 2.64. The lowest BCUT2D eigenvalue weighted by Crippen LogP contribution is -2.41. The van der Waals surface area contributed by atoms with Crippen molar-refractivity contribution >= 4 is 16.0 Å². The predicted molar refractivity (Wildman–Crippen MR) is 100.0 cm³/mol. The van der Waals surface area contributed by atoms with Crippen molar-refractivity contribution in [3.63, 3.8) is 0 Å². The van der Waals surface area contributed by atoms with Gasteiger partial charge in [0.2, 0.25) is 10.0 Å². The minimum atomic E-state index is -3.34. The molecule has 0 bridgehead atoms. The molecule has 0 unspecified atom stereocenters. The van der Waals surface area contributed by atoms with E-state index in [0.717, 1.165) is 30.2 Å². The third kappa shape index (κ3) is 5.98. The van der Waals surface area contributed by atoms with E-state index in [-0.39, 0.29) is 5.75 Å². The molecule has 1 saturated heterocycles. The van der Waals surface area contributed by atoms with Crippen LogP contribution < -0.4 is 10.6 Å². The number of hydrogen-bond acceptors (Lipinski definition) is 4. The van der Waals surface area contributed by atoms with Gasteiger partial charge in [-0.05, 0) is 25.0 Å². The molecule has 0 radical (unpaired) electrons. The summed E-state index contributed by atoms with van der Waals surface area (Å²) >= 11 is 0. The summed E-state index contributed by atoms with van der Waals surface area (Å²) in [6.45, 7) is 7.77.